The van der Waals surface area contributed by atoms with Gasteiger partial charge in [-0.1, -0.05) is 49.8 Å². The van der Waals surface area contributed by atoms with Crippen molar-refractivity contribution in [3.63, 3.8) is 0 Å². The average Bonchev–Trinajstić information content (AvgIpc) is 2.70. The van der Waals surface area contributed by atoms with Gasteiger partial charge in [0.1, 0.15) is 0 Å². The van der Waals surface area contributed by atoms with Gasteiger partial charge in [0.15, 0.2) is 5.82 Å². The molecule has 0 N–H and O–H groups in total. The zero-order valence-corrected chi connectivity index (χ0v) is 16.0. The van der Waals surface area contributed by atoms with E-state index in [1.165, 1.54) is 36.8 Å². The summed E-state index contributed by atoms with van der Waals surface area (Å²) in [5.74, 6) is 2.23. The van der Waals surface area contributed by atoms with Gasteiger partial charge < -0.3 is 4.74 Å². The SMILES string of the molecule is CCCc1cnc(-c2ccc(C3CCC(/C=C/COC)CC3)cc2)nc1. The van der Waals surface area contributed by atoms with Gasteiger partial charge in [-0.2, -0.15) is 0 Å². The maximum Gasteiger partial charge on any atom is 0.159 e. The number of hydrogen-bond acceptors (Lipinski definition) is 3. The first kappa shape index (κ1) is 18.8. The highest BCUT2D eigenvalue weighted by Gasteiger charge is 2.20. The summed E-state index contributed by atoms with van der Waals surface area (Å²) in [6.07, 6.45) is 15.7. The van der Waals surface area contributed by atoms with Crippen molar-refractivity contribution in [3.05, 3.63) is 59.9 Å². The van der Waals surface area contributed by atoms with E-state index in [0.717, 1.165) is 36.8 Å². The number of hydrogen-bond donors (Lipinski definition) is 0. The van der Waals surface area contributed by atoms with Gasteiger partial charge in [-0.25, -0.2) is 9.97 Å². The number of allylic oxidation sites excluding steroid dienone is 1. The Hall–Kier alpha value is -2.00. The highest BCUT2D eigenvalue weighted by molar-refractivity contribution is 5.55. The van der Waals surface area contributed by atoms with Crippen LogP contribution in [-0.4, -0.2) is 23.7 Å². The lowest BCUT2D eigenvalue weighted by Crippen LogP contribution is -2.11. The molecule has 1 aliphatic carbocycles. The summed E-state index contributed by atoms with van der Waals surface area (Å²) in [6.45, 7) is 2.90. The molecule has 3 nitrogen and oxygen atoms in total. The Labute approximate surface area is 157 Å². The Morgan fingerprint density at radius 1 is 1.04 bits per heavy atom. The molecule has 3 heteroatoms. The van der Waals surface area contributed by atoms with Gasteiger partial charge in [0.05, 0.1) is 6.61 Å². The Balaban J connectivity index is 1.58. The molecule has 1 aromatic heterocycles. The van der Waals surface area contributed by atoms with Gasteiger partial charge in [0.25, 0.3) is 0 Å². The van der Waals surface area contributed by atoms with Crippen molar-refractivity contribution in [3.8, 4) is 11.4 Å². The van der Waals surface area contributed by atoms with Crippen molar-refractivity contribution in [2.24, 2.45) is 5.92 Å². The summed E-state index contributed by atoms with van der Waals surface area (Å²) in [6, 6.07) is 8.89. The normalized spacial score (nSPS) is 20.5. The van der Waals surface area contributed by atoms with Crippen LogP contribution < -0.4 is 0 Å². The molecule has 1 aromatic carbocycles. The molecule has 0 amide bonds. The molecule has 0 aliphatic heterocycles. The van der Waals surface area contributed by atoms with Crippen LogP contribution >= 0.6 is 0 Å². The number of aromatic nitrogens is 2. The summed E-state index contributed by atoms with van der Waals surface area (Å²) in [5, 5.41) is 0. The second-order valence-corrected chi connectivity index (χ2v) is 7.28. The summed E-state index contributed by atoms with van der Waals surface area (Å²) in [5.41, 5.74) is 3.77. The van der Waals surface area contributed by atoms with Crippen LogP contribution in [0.3, 0.4) is 0 Å². The molecule has 2 aromatic rings. The van der Waals surface area contributed by atoms with Crippen LogP contribution in [0.5, 0.6) is 0 Å². The highest BCUT2D eigenvalue weighted by atomic mass is 16.5. The van der Waals surface area contributed by atoms with Crippen LogP contribution in [0, 0.1) is 5.92 Å². The number of benzene rings is 1. The van der Waals surface area contributed by atoms with Gasteiger partial charge in [-0.3, -0.25) is 0 Å². The van der Waals surface area contributed by atoms with E-state index in [2.05, 4.69) is 53.3 Å². The van der Waals surface area contributed by atoms with Crippen molar-refractivity contribution >= 4 is 0 Å². The summed E-state index contributed by atoms with van der Waals surface area (Å²) in [7, 11) is 1.75. The zero-order valence-electron chi connectivity index (χ0n) is 16.0. The monoisotopic (exact) mass is 350 g/mol. The fourth-order valence-corrected chi connectivity index (χ4v) is 3.82. The Bertz CT molecular complexity index is 683. The molecular formula is C23H30N2O. The van der Waals surface area contributed by atoms with Crippen LogP contribution in [0.2, 0.25) is 0 Å². The van der Waals surface area contributed by atoms with Gasteiger partial charge in [-0.15, -0.1) is 0 Å². The molecule has 0 atom stereocenters. The lowest BCUT2D eigenvalue weighted by molar-refractivity contribution is 0.233. The van der Waals surface area contributed by atoms with E-state index in [9.17, 15) is 0 Å². The van der Waals surface area contributed by atoms with E-state index in [1.807, 2.05) is 12.4 Å². The fourth-order valence-electron chi connectivity index (χ4n) is 3.82. The number of nitrogens with zero attached hydrogens (tertiary/aromatic N) is 2. The van der Waals surface area contributed by atoms with Crippen LogP contribution in [0.25, 0.3) is 11.4 Å². The third kappa shape index (κ3) is 5.01. The molecule has 3 rings (SSSR count). The van der Waals surface area contributed by atoms with Gasteiger partial charge in [0.2, 0.25) is 0 Å². The van der Waals surface area contributed by atoms with E-state index < -0.39 is 0 Å². The number of methoxy groups -OCH3 is 1. The molecule has 0 radical (unpaired) electrons. The lowest BCUT2D eigenvalue weighted by atomic mass is 9.78. The van der Waals surface area contributed by atoms with Gasteiger partial charge >= 0.3 is 0 Å². The fraction of sp³-hybridized carbons (Fsp3) is 0.478. The van der Waals surface area contributed by atoms with E-state index in [1.54, 1.807) is 7.11 Å². The largest absolute Gasteiger partial charge is 0.381 e. The average molecular weight is 351 g/mol. The predicted molar refractivity (Wildman–Crippen MR) is 107 cm³/mol. The first-order valence-corrected chi connectivity index (χ1v) is 9.87. The Kier molecular flexibility index (Phi) is 6.96. The summed E-state index contributed by atoms with van der Waals surface area (Å²) >= 11 is 0. The van der Waals surface area contributed by atoms with Crippen molar-refractivity contribution in [1.82, 2.24) is 9.97 Å². The molecule has 1 aliphatic rings. The van der Waals surface area contributed by atoms with Crippen molar-refractivity contribution in [2.45, 2.75) is 51.4 Å². The second-order valence-electron chi connectivity index (χ2n) is 7.28. The maximum atomic E-state index is 5.09. The first-order chi connectivity index (χ1) is 12.8. The summed E-state index contributed by atoms with van der Waals surface area (Å²) in [4.78, 5) is 9.05. The highest BCUT2D eigenvalue weighted by Crippen LogP contribution is 2.36. The van der Waals surface area contributed by atoms with Crippen molar-refractivity contribution < 1.29 is 4.74 Å². The number of ether oxygens (including phenoxy) is 1. The molecule has 138 valence electrons. The van der Waals surface area contributed by atoms with E-state index in [0.29, 0.717) is 5.92 Å². The molecule has 26 heavy (non-hydrogen) atoms. The van der Waals surface area contributed by atoms with Gasteiger partial charge in [-0.05, 0) is 55.1 Å². The van der Waals surface area contributed by atoms with Crippen LogP contribution in [0.1, 0.15) is 56.1 Å². The predicted octanol–water partition coefficient (Wildman–Crippen LogP) is 5.57. The topological polar surface area (TPSA) is 35.0 Å². The minimum Gasteiger partial charge on any atom is -0.381 e. The Morgan fingerprint density at radius 2 is 1.73 bits per heavy atom. The molecule has 1 fully saturated rings. The van der Waals surface area contributed by atoms with E-state index in [4.69, 9.17) is 4.74 Å². The quantitative estimate of drug-likeness (QED) is 0.612. The van der Waals surface area contributed by atoms with Gasteiger partial charge in [0, 0.05) is 25.1 Å². The first-order valence-electron chi connectivity index (χ1n) is 9.87. The Morgan fingerprint density at radius 3 is 2.35 bits per heavy atom. The molecule has 0 bridgehead atoms. The van der Waals surface area contributed by atoms with E-state index in [-0.39, 0.29) is 0 Å². The minimum absolute atomic E-state index is 0.684. The zero-order chi connectivity index (χ0) is 18.2. The molecule has 1 heterocycles. The smallest absolute Gasteiger partial charge is 0.159 e. The molecular weight excluding hydrogens is 320 g/mol. The van der Waals surface area contributed by atoms with E-state index >= 15 is 0 Å². The standard InChI is InChI=1S/C23H30N2O/c1-3-5-19-16-24-23(25-17-19)22-13-11-21(12-14-22)20-9-7-18(8-10-20)6-4-15-26-2/h4,6,11-14,16-18,20H,3,5,7-10,15H2,1-2H3/b6-4+. The summed E-state index contributed by atoms with van der Waals surface area (Å²) < 4.78 is 5.09. The van der Waals surface area contributed by atoms with Crippen LogP contribution in [0.15, 0.2) is 48.8 Å². The third-order valence-corrected chi connectivity index (χ3v) is 5.33. The minimum atomic E-state index is 0.684. The number of aryl methyl sites for hydroxylation is 1. The van der Waals surface area contributed by atoms with Crippen molar-refractivity contribution in [1.29, 1.82) is 0 Å². The second kappa shape index (κ2) is 9.63. The third-order valence-electron chi connectivity index (χ3n) is 5.33. The number of rotatable bonds is 7. The van der Waals surface area contributed by atoms with Crippen LogP contribution in [-0.2, 0) is 11.2 Å². The molecule has 0 saturated heterocycles. The van der Waals surface area contributed by atoms with Crippen LogP contribution in [0.4, 0.5) is 0 Å². The molecule has 0 spiro atoms. The van der Waals surface area contributed by atoms with Crippen molar-refractivity contribution in [2.75, 3.05) is 13.7 Å². The lowest BCUT2D eigenvalue weighted by Gasteiger charge is -2.27. The maximum absolute atomic E-state index is 5.09. The molecule has 1 saturated carbocycles. The molecule has 0 unspecified atom stereocenters.